The summed E-state index contributed by atoms with van der Waals surface area (Å²) < 4.78 is 5.54. The maximum Gasteiger partial charge on any atom is 0.313 e. The number of esters is 1. The standard InChI is InChI=1S/C29H32N2O3/c1-20-18-29(28(33)34-20)13-6-14-31(19-29)23-11-15-30(16-12-23)27(32)26-24-9-4-2-7-21(24)17-22-8-3-5-10-25(22)26/h2-5,7-10,17,20,23H,6,11-16,18-19H2,1H3. The highest BCUT2D eigenvalue weighted by molar-refractivity contribution is 6.18. The molecule has 0 saturated carbocycles. The molecule has 0 aromatic heterocycles. The van der Waals surface area contributed by atoms with Gasteiger partial charge in [0, 0.05) is 32.1 Å². The van der Waals surface area contributed by atoms with E-state index in [1.807, 2.05) is 36.1 Å². The molecule has 176 valence electrons. The molecule has 0 N–H and O–H groups in total. The third-order valence-electron chi connectivity index (χ3n) is 8.28. The lowest BCUT2D eigenvalue weighted by Crippen LogP contribution is -2.53. The first kappa shape index (κ1) is 21.6. The van der Waals surface area contributed by atoms with E-state index in [1.165, 1.54) is 0 Å². The maximum atomic E-state index is 13.8. The van der Waals surface area contributed by atoms with Gasteiger partial charge < -0.3 is 9.64 Å². The molecule has 2 unspecified atom stereocenters. The predicted molar refractivity (Wildman–Crippen MR) is 134 cm³/mol. The van der Waals surface area contributed by atoms with Crippen LogP contribution in [-0.2, 0) is 9.53 Å². The summed E-state index contributed by atoms with van der Waals surface area (Å²) in [6.07, 6.45) is 4.77. The van der Waals surface area contributed by atoms with Crippen molar-refractivity contribution in [3.8, 4) is 0 Å². The number of benzene rings is 3. The molecule has 3 aliphatic rings. The van der Waals surface area contributed by atoms with E-state index in [2.05, 4.69) is 35.2 Å². The smallest absolute Gasteiger partial charge is 0.313 e. The van der Waals surface area contributed by atoms with Crippen LogP contribution < -0.4 is 0 Å². The fourth-order valence-corrected chi connectivity index (χ4v) is 6.63. The number of hydrogen-bond donors (Lipinski definition) is 0. The van der Waals surface area contributed by atoms with E-state index in [0.29, 0.717) is 6.04 Å². The van der Waals surface area contributed by atoms with Crippen molar-refractivity contribution in [2.45, 2.75) is 51.2 Å². The maximum absolute atomic E-state index is 13.8. The number of cyclic esters (lactones) is 1. The molecule has 3 heterocycles. The Bertz CT molecular complexity index is 1210. The van der Waals surface area contributed by atoms with Crippen molar-refractivity contribution in [1.82, 2.24) is 9.80 Å². The second-order valence-electron chi connectivity index (χ2n) is 10.5. The van der Waals surface area contributed by atoms with Crippen LogP contribution in [0.1, 0.15) is 49.4 Å². The first-order valence-corrected chi connectivity index (χ1v) is 12.7. The van der Waals surface area contributed by atoms with Gasteiger partial charge in [-0.25, -0.2) is 0 Å². The minimum atomic E-state index is -0.313. The van der Waals surface area contributed by atoms with E-state index in [0.717, 1.165) is 85.4 Å². The molecule has 34 heavy (non-hydrogen) atoms. The summed E-state index contributed by atoms with van der Waals surface area (Å²) in [5.41, 5.74) is 0.513. The first-order valence-electron chi connectivity index (χ1n) is 12.7. The molecule has 1 spiro atoms. The van der Waals surface area contributed by atoms with Gasteiger partial charge in [0.25, 0.3) is 5.91 Å². The molecule has 2 atom stereocenters. The minimum absolute atomic E-state index is 0.000137. The molecule has 3 aromatic carbocycles. The molecule has 6 rings (SSSR count). The SMILES string of the molecule is CC1CC2(CCCN(C3CCN(C(=O)c4c5ccccc5cc5ccccc45)CC3)C2)C(=O)O1. The van der Waals surface area contributed by atoms with E-state index in [-0.39, 0.29) is 23.4 Å². The number of nitrogens with zero attached hydrogens (tertiary/aromatic N) is 2. The molecule has 0 aliphatic carbocycles. The van der Waals surface area contributed by atoms with Gasteiger partial charge in [0.2, 0.25) is 0 Å². The van der Waals surface area contributed by atoms with Crippen molar-refractivity contribution in [3.05, 3.63) is 60.2 Å². The number of carbonyl (C=O) groups is 2. The Morgan fingerprint density at radius 1 is 0.971 bits per heavy atom. The number of hydrogen-bond acceptors (Lipinski definition) is 4. The fourth-order valence-electron chi connectivity index (χ4n) is 6.63. The fraction of sp³-hybridized carbons (Fsp3) is 0.448. The summed E-state index contributed by atoms with van der Waals surface area (Å²) >= 11 is 0. The molecular weight excluding hydrogens is 424 g/mol. The van der Waals surface area contributed by atoms with Crippen molar-refractivity contribution >= 4 is 33.4 Å². The van der Waals surface area contributed by atoms with E-state index in [1.54, 1.807) is 0 Å². The van der Waals surface area contributed by atoms with Crippen molar-refractivity contribution in [2.75, 3.05) is 26.2 Å². The summed E-state index contributed by atoms with van der Waals surface area (Å²) in [6.45, 7) is 5.36. The Hall–Kier alpha value is -2.92. The zero-order valence-corrected chi connectivity index (χ0v) is 19.8. The quantitative estimate of drug-likeness (QED) is 0.402. The van der Waals surface area contributed by atoms with Crippen LogP contribution in [0.15, 0.2) is 54.6 Å². The number of piperidine rings is 2. The zero-order chi connectivity index (χ0) is 23.3. The van der Waals surface area contributed by atoms with Crippen LogP contribution in [0.3, 0.4) is 0 Å². The monoisotopic (exact) mass is 456 g/mol. The number of carbonyl (C=O) groups excluding carboxylic acids is 2. The highest BCUT2D eigenvalue weighted by Gasteiger charge is 2.50. The summed E-state index contributed by atoms with van der Waals surface area (Å²) in [4.78, 5) is 31.0. The Morgan fingerprint density at radius 3 is 2.24 bits per heavy atom. The van der Waals surface area contributed by atoms with Gasteiger partial charge in [0.15, 0.2) is 0 Å². The van der Waals surface area contributed by atoms with E-state index in [4.69, 9.17) is 4.74 Å². The lowest BCUT2D eigenvalue weighted by atomic mass is 9.77. The Labute approximate surface area is 200 Å². The topological polar surface area (TPSA) is 49.9 Å². The van der Waals surface area contributed by atoms with Crippen molar-refractivity contribution in [1.29, 1.82) is 0 Å². The molecule has 1 amide bonds. The Kier molecular flexibility index (Phi) is 5.33. The van der Waals surface area contributed by atoms with Crippen LogP contribution in [0, 0.1) is 5.41 Å². The molecule has 3 aromatic rings. The average Bonchev–Trinajstić information content (AvgIpc) is 3.13. The summed E-state index contributed by atoms with van der Waals surface area (Å²) in [5.74, 6) is 0.134. The van der Waals surface area contributed by atoms with Gasteiger partial charge >= 0.3 is 5.97 Å². The van der Waals surface area contributed by atoms with Crippen LogP contribution in [0.2, 0.25) is 0 Å². The van der Waals surface area contributed by atoms with Gasteiger partial charge in [-0.3, -0.25) is 14.5 Å². The van der Waals surface area contributed by atoms with Crippen LogP contribution in [0.25, 0.3) is 21.5 Å². The number of fused-ring (bicyclic) bond motifs is 2. The molecule has 5 heteroatoms. The van der Waals surface area contributed by atoms with E-state index >= 15 is 0 Å². The van der Waals surface area contributed by atoms with Crippen LogP contribution in [0.4, 0.5) is 0 Å². The first-order chi connectivity index (χ1) is 16.5. The van der Waals surface area contributed by atoms with E-state index in [9.17, 15) is 9.59 Å². The van der Waals surface area contributed by atoms with Crippen molar-refractivity contribution < 1.29 is 14.3 Å². The highest BCUT2D eigenvalue weighted by Crippen LogP contribution is 2.42. The Morgan fingerprint density at radius 2 is 1.62 bits per heavy atom. The van der Waals surface area contributed by atoms with Crippen molar-refractivity contribution in [2.24, 2.45) is 5.41 Å². The highest BCUT2D eigenvalue weighted by atomic mass is 16.6. The zero-order valence-electron chi connectivity index (χ0n) is 19.8. The van der Waals surface area contributed by atoms with Gasteiger partial charge in [0.05, 0.1) is 11.0 Å². The average molecular weight is 457 g/mol. The largest absolute Gasteiger partial charge is 0.462 e. The number of rotatable bonds is 2. The summed E-state index contributed by atoms with van der Waals surface area (Å²) in [6, 6.07) is 19.0. The normalized spacial score (nSPS) is 26.4. The van der Waals surface area contributed by atoms with Crippen molar-refractivity contribution in [3.63, 3.8) is 0 Å². The summed E-state index contributed by atoms with van der Waals surface area (Å²) in [5, 5.41) is 4.27. The number of ether oxygens (including phenoxy) is 1. The third-order valence-corrected chi connectivity index (χ3v) is 8.28. The lowest BCUT2D eigenvalue weighted by Gasteiger charge is -2.44. The molecule has 3 aliphatic heterocycles. The van der Waals surface area contributed by atoms with Crippen LogP contribution in [-0.4, -0.2) is 60.0 Å². The molecule has 3 fully saturated rings. The molecule has 0 radical (unpaired) electrons. The molecule has 0 bridgehead atoms. The van der Waals surface area contributed by atoms with E-state index < -0.39 is 0 Å². The minimum Gasteiger partial charge on any atom is -0.462 e. The predicted octanol–water partition coefficient (Wildman–Crippen LogP) is 5.02. The second kappa shape index (κ2) is 8.38. The van der Waals surface area contributed by atoms with Gasteiger partial charge in [0.1, 0.15) is 6.10 Å². The summed E-state index contributed by atoms with van der Waals surface area (Å²) in [7, 11) is 0. The van der Waals surface area contributed by atoms with Gasteiger partial charge in [-0.1, -0.05) is 48.5 Å². The van der Waals surface area contributed by atoms with Gasteiger partial charge in [-0.05, 0) is 66.8 Å². The van der Waals surface area contributed by atoms with Gasteiger partial charge in [-0.2, -0.15) is 0 Å². The van der Waals surface area contributed by atoms with Crippen LogP contribution in [0.5, 0.6) is 0 Å². The molecule has 3 saturated heterocycles. The number of likely N-dealkylation sites (tertiary alicyclic amines) is 2. The third kappa shape index (κ3) is 3.58. The second-order valence-corrected chi connectivity index (χ2v) is 10.5. The van der Waals surface area contributed by atoms with Crippen LogP contribution >= 0.6 is 0 Å². The van der Waals surface area contributed by atoms with Gasteiger partial charge in [-0.15, -0.1) is 0 Å². The molecule has 5 nitrogen and oxygen atoms in total. The Balaban J connectivity index is 1.21. The molecular formula is C29H32N2O3. The lowest BCUT2D eigenvalue weighted by molar-refractivity contribution is -0.151. The number of amides is 1.